The van der Waals surface area contributed by atoms with Crippen LogP contribution in [0.4, 0.5) is 0 Å². The summed E-state index contributed by atoms with van der Waals surface area (Å²) in [6.45, 7) is 12.1. The van der Waals surface area contributed by atoms with E-state index >= 15 is 0 Å². The molecule has 176 valence electrons. The fourth-order valence-electron chi connectivity index (χ4n) is 8.94. The third kappa shape index (κ3) is 4.00. The van der Waals surface area contributed by atoms with E-state index in [1.165, 1.54) is 44.9 Å². The first-order chi connectivity index (χ1) is 14.6. The molecule has 0 aromatic carbocycles. The van der Waals surface area contributed by atoms with E-state index in [1.54, 1.807) is 0 Å². The van der Waals surface area contributed by atoms with Crippen molar-refractivity contribution in [3.05, 3.63) is 21.4 Å². The van der Waals surface area contributed by atoms with Gasteiger partial charge in [0.25, 0.3) is 0 Å². The van der Waals surface area contributed by atoms with Crippen molar-refractivity contribution in [1.29, 1.82) is 0 Å². The van der Waals surface area contributed by atoms with Gasteiger partial charge in [-0.25, -0.2) is 0 Å². The van der Waals surface area contributed by atoms with Crippen LogP contribution in [0.5, 0.6) is 0 Å². The molecule has 4 rings (SSSR count). The molecule has 3 fully saturated rings. The molecule has 3 nitrogen and oxygen atoms in total. The van der Waals surface area contributed by atoms with Gasteiger partial charge in [-0.1, -0.05) is 53.9 Å². The fourth-order valence-corrected chi connectivity index (χ4v) is 9.20. The van der Waals surface area contributed by atoms with Gasteiger partial charge in [0.05, 0.1) is 4.92 Å². The number of allylic oxidation sites excluding steroid dienone is 2. The van der Waals surface area contributed by atoms with Crippen molar-refractivity contribution in [3.63, 3.8) is 0 Å². The Hall–Kier alpha value is -0.570. The molecule has 31 heavy (non-hydrogen) atoms. The van der Waals surface area contributed by atoms with Gasteiger partial charge < -0.3 is 0 Å². The predicted molar refractivity (Wildman–Crippen MR) is 129 cm³/mol. The molecule has 0 bridgehead atoms. The van der Waals surface area contributed by atoms with Gasteiger partial charge in [0.2, 0.25) is 5.70 Å². The second-order valence-corrected chi connectivity index (χ2v) is 13.2. The molecule has 0 N–H and O–H groups in total. The molecule has 4 heteroatoms. The van der Waals surface area contributed by atoms with Crippen LogP contribution in [0, 0.1) is 56.5 Å². The van der Waals surface area contributed by atoms with Crippen molar-refractivity contribution in [2.75, 3.05) is 0 Å². The van der Waals surface area contributed by atoms with Gasteiger partial charge >= 0.3 is 0 Å². The van der Waals surface area contributed by atoms with Gasteiger partial charge in [0, 0.05) is 17.4 Å². The number of hydrogen-bond donors (Lipinski definition) is 0. The maximum atomic E-state index is 12.2. The Kier molecular flexibility index (Phi) is 6.58. The first-order valence-electron chi connectivity index (χ1n) is 13.1. The summed E-state index contributed by atoms with van der Waals surface area (Å²) in [5.74, 6) is 4.13. The third-order valence-electron chi connectivity index (χ3n) is 10.5. The first-order valence-corrected chi connectivity index (χ1v) is 13.5. The molecule has 4 aliphatic carbocycles. The Morgan fingerprint density at radius 2 is 1.77 bits per heavy atom. The van der Waals surface area contributed by atoms with Gasteiger partial charge in [0.15, 0.2) is 0 Å². The molecule has 0 saturated heterocycles. The van der Waals surface area contributed by atoms with E-state index in [2.05, 4.69) is 34.6 Å². The topological polar surface area (TPSA) is 43.1 Å². The molecule has 0 aliphatic heterocycles. The normalized spacial score (nSPS) is 43.4. The zero-order chi connectivity index (χ0) is 22.6. The monoisotopic (exact) mass is 449 g/mol. The molecule has 0 aromatic rings. The summed E-state index contributed by atoms with van der Waals surface area (Å²) >= 11 is 6.51. The Labute approximate surface area is 194 Å². The van der Waals surface area contributed by atoms with Crippen LogP contribution in [-0.4, -0.2) is 10.3 Å². The van der Waals surface area contributed by atoms with Crippen LogP contribution < -0.4 is 0 Å². The van der Waals surface area contributed by atoms with E-state index in [4.69, 9.17) is 11.6 Å². The predicted octanol–water partition coefficient (Wildman–Crippen LogP) is 8.24. The standard InChI is InChI=1S/C27H44ClNO2/c1-17(2)7-6-8-18(3)21-9-10-22-20-16-25(29(30)31)24-15-19(28)11-13-27(24,5)23(20)12-14-26(21,22)4/h17-23H,6-16H2,1-5H3/t18-,19?,20+,21-,22+,23+,26-,27-/m1/s1. The number of hydrogen-bond acceptors (Lipinski definition) is 2. The van der Waals surface area contributed by atoms with Crippen molar-refractivity contribution in [3.8, 4) is 0 Å². The summed E-state index contributed by atoms with van der Waals surface area (Å²) in [6.07, 6.45) is 12.7. The number of nitro groups is 1. The average molecular weight is 450 g/mol. The first kappa shape index (κ1) is 23.6. The van der Waals surface area contributed by atoms with Crippen molar-refractivity contribution in [1.82, 2.24) is 0 Å². The van der Waals surface area contributed by atoms with E-state index in [9.17, 15) is 10.1 Å². The lowest BCUT2D eigenvalue weighted by atomic mass is 9.46. The highest BCUT2D eigenvalue weighted by atomic mass is 35.5. The van der Waals surface area contributed by atoms with E-state index in [0.29, 0.717) is 35.3 Å². The Bertz CT molecular complexity index is 733. The summed E-state index contributed by atoms with van der Waals surface area (Å²) in [6, 6.07) is 0. The van der Waals surface area contributed by atoms with Gasteiger partial charge in [0.1, 0.15) is 0 Å². The van der Waals surface area contributed by atoms with Crippen molar-refractivity contribution >= 4 is 11.6 Å². The van der Waals surface area contributed by atoms with Crippen LogP contribution in [0.25, 0.3) is 0 Å². The molecule has 0 spiro atoms. The zero-order valence-electron chi connectivity index (χ0n) is 20.5. The minimum atomic E-state index is -0.0361. The van der Waals surface area contributed by atoms with Crippen LogP contribution in [-0.2, 0) is 0 Å². The maximum absolute atomic E-state index is 12.2. The Morgan fingerprint density at radius 3 is 2.45 bits per heavy atom. The van der Waals surface area contributed by atoms with Gasteiger partial charge in [-0.2, -0.15) is 0 Å². The van der Waals surface area contributed by atoms with Crippen LogP contribution in [0.3, 0.4) is 0 Å². The zero-order valence-corrected chi connectivity index (χ0v) is 21.2. The Morgan fingerprint density at radius 1 is 1.03 bits per heavy atom. The second kappa shape index (κ2) is 8.65. The molecule has 3 saturated carbocycles. The molecule has 4 aliphatic rings. The smallest absolute Gasteiger partial charge is 0.246 e. The van der Waals surface area contributed by atoms with Gasteiger partial charge in [-0.3, -0.25) is 10.1 Å². The molecular formula is C27H44ClNO2. The number of alkyl halides is 1. The van der Waals surface area contributed by atoms with Crippen molar-refractivity contribution in [2.45, 2.75) is 111 Å². The lowest BCUT2D eigenvalue weighted by Crippen LogP contribution is -2.52. The maximum Gasteiger partial charge on any atom is 0.246 e. The highest BCUT2D eigenvalue weighted by Crippen LogP contribution is 2.68. The number of fused-ring (bicyclic) bond motifs is 5. The highest BCUT2D eigenvalue weighted by molar-refractivity contribution is 6.20. The molecule has 1 unspecified atom stereocenters. The van der Waals surface area contributed by atoms with Crippen molar-refractivity contribution < 1.29 is 4.92 Å². The molecule has 8 atom stereocenters. The average Bonchev–Trinajstić information content (AvgIpc) is 3.05. The summed E-state index contributed by atoms with van der Waals surface area (Å²) in [5, 5.41) is 12.2. The fraction of sp³-hybridized carbons (Fsp3) is 0.926. The molecule has 0 heterocycles. The highest BCUT2D eigenvalue weighted by Gasteiger charge is 2.61. The van der Waals surface area contributed by atoms with E-state index in [1.807, 2.05) is 0 Å². The summed E-state index contributed by atoms with van der Waals surface area (Å²) in [4.78, 5) is 12.1. The molecule has 0 amide bonds. The molecule has 0 aromatic heterocycles. The van der Waals surface area contributed by atoms with E-state index < -0.39 is 0 Å². The lowest BCUT2D eigenvalue weighted by Gasteiger charge is -2.58. The Balaban J connectivity index is 1.59. The summed E-state index contributed by atoms with van der Waals surface area (Å²) < 4.78 is 0. The van der Waals surface area contributed by atoms with Crippen molar-refractivity contribution in [2.24, 2.45) is 46.3 Å². The van der Waals surface area contributed by atoms with E-state index in [0.717, 1.165) is 42.6 Å². The summed E-state index contributed by atoms with van der Waals surface area (Å²) in [7, 11) is 0. The largest absolute Gasteiger partial charge is 0.259 e. The summed E-state index contributed by atoms with van der Waals surface area (Å²) in [5.41, 5.74) is 2.04. The lowest BCUT2D eigenvalue weighted by molar-refractivity contribution is -0.434. The number of nitrogens with zero attached hydrogens (tertiary/aromatic N) is 1. The van der Waals surface area contributed by atoms with Crippen LogP contribution in [0.15, 0.2) is 11.3 Å². The SMILES string of the molecule is CC(C)CCC[C@@H](C)[C@H]1CC[C@H]2[C@@H]3CC([N+](=O)[O-])=C4CC(Cl)CC[C@]4(C)[C@H]3CC[C@]12C. The second-order valence-electron chi connectivity index (χ2n) is 12.6. The molecule has 0 radical (unpaired) electrons. The van der Waals surface area contributed by atoms with Crippen LogP contribution in [0.2, 0.25) is 0 Å². The van der Waals surface area contributed by atoms with Crippen LogP contribution >= 0.6 is 11.6 Å². The van der Waals surface area contributed by atoms with Crippen LogP contribution in [0.1, 0.15) is 105 Å². The van der Waals surface area contributed by atoms with Gasteiger partial charge in [-0.15, -0.1) is 11.6 Å². The third-order valence-corrected chi connectivity index (χ3v) is 10.9. The molecular weight excluding hydrogens is 406 g/mol. The minimum absolute atomic E-state index is 0.000985. The minimum Gasteiger partial charge on any atom is -0.259 e. The quantitative estimate of drug-likeness (QED) is 0.232. The van der Waals surface area contributed by atoms with E-state index in [-0.39, 0.29) is 15.7 Å². The number of rotatable bonds is 6. The number of halogens is 1. The van der Waals surface area contributed by atoms with Gasteiger partial charge in [-0.05, 0) is 91.3 Å².